The van der Waals surface area contributed by atoms with Crippen molar-refractivity contribution in [2.24, 2.45) is 5.73 Å². The van der Waals surface area contributed by atoms with Crippen molar-refractivity contribution in [1.29, 1.82) is 0 Å². The first kappa shape index (κ1) is 25.0. The Morgan fingerprint density at radius 3 is 2.05 bits per heavy atom. The molecule has 1 heterocycles. The summed E-state index contributed by atoms with van der Waals surface area (Å²) in [5, 5.41) is 14.6. The third kappa shape index (κ3) is 6.33. The summed E-state index contributed by atoms with van der Waals surface area (Å²) in [6.45, 7) is 0. The average Bonchev–Trinajstić information content (AvgIpc) is 3.25. The van der Waals surface area contributed by atoms with Gasteiger partial charge in [0, 0.05) is 16.9 Å². The van der Waals surface area contributed by atoms with Gasteiger partial charge in [0.25, 0.3) is 5.91 Å². The van der Waals surface area contributed by atoms with Crippen molar-refractivity contribution in [2.75, 3.05) is 16.0 Å². The van der Waals surface area contributed by atoms with Gasteiger partial charge in [-0.25, -0.2) is 9.18 Å². The molecule has 0 atom stereocenters. The van der Waals surface area contributed by atoms with E-state index >= 15 is 0 Å². The van der Waals surface area contributed by atoms with E-state index in [9.17, 15) is 27.2 Å². The number of amides is 3. The lowest BCUT2D eigenvalue weighted by molar-refractivity contribution is -0.274. The van der Waals surface area contributed by atoms with Gasteiger partial charge in [-0.15, -0.1) is 13.2 Å². The van der Waals surface area contributed by atoms with Crippen LogP contribution in [0.3, 0.4) is 0 Å². The van der Waals surface area contributed by atoms with E-state index in [0.717, 1.165) is 12.1 Å². The molecular formula is C24H18F4N6O3. The number of aromatic amines is 1. The van der Waals surface area contributed by atoms with Crippen molar-refractivity contribution in [3.05, 3.63) is 84.2 Å². The standard InChI is InChI=1S/C24H18F4N6O3/c25-17-3-1-2-4-18(17)32-22-19(21(29)35)20(33-34-22)13-5-7-14(8-6-13)30-23(36)31-15-9-11-16(12-10-15)37-24(26,27)28/h1-12H,(H2,29,35)(H2,30,31,36)(H2,32,33,34). The summed E-state index contributed by atoms with van der Waals surface area (Å²) in [5.41, 5.74) is 6.98. The fraction of sp³-hybridized carbons (Fsp3) is 0.0417. The number of anilines is 4. The fourth-order valence-corrected chi connectivity index (χ4v) is 3.32. The third-order valence-corrected chi connectivity index (χ3v) is 4.91. The Hall–Kier alpha value is -5.07. The van der Waals surface area contributed by atoms with Crippen LogP contribution in [0.2, 0.25) is 0 Å². The molecule has 3 aromatic carbocycles. The number of nitrogens with one attached hydrogen (secondary N) is 4. The number of hydrogen-bond acceptors (Lipinski definition) is 5. The lowest BCUT2D eigenvalue weighted by Crippen LogP contribution is -2.19. The molecule has 0 bridgehead atoms. The quantitative estimate of drug-likeness (QED) is 0.205. The number of carbonyl (C=O) groups is 2. The minimum atomic E-state index is -4.81. The van der Waals surface area contributed by atoms with Crippen LogP contribution < -0.4 is 26.4 Å². The molecule has 0 fully saturated rings. The zero-order valence-corrected chi connectivity index (χ0v) is 18.7. The van der Waals surface area contributed by atoms with E-state index in [-0.39, 0.29) is 28.5 Å². The Morgan fingerprint density at radius 2 is 1.49 bits per heavy atom. The molecule has 0 aliphatic rings. The summed E-state index contributed by atoms with van der Waals surface area (Å²) >= 11 is 0. The number of rotatable bonds is 7. The number of para-hydroxylation sites is 1. The van der Waals surface area contributed by atoms with E-state index in [1.54, 1.807) is 30.3 Å². The zero-order chi connectivity index (χ0) is 26.6. The maximum Gasteiger partial charge on any atom is 0.573 e. The van der Waals surface area contributed by atoms with Crippen LogP contribution in [0.4, 0.5) is 45.2 Å². The smallest absolute Gasteiger partial charge is 0.406 e. The molecule has 1 aromatic heterocycles. The highest BCUT2D eigenvalue weighted by atomic mass is 19.4. The Balaban J connectivity index is 1.44. The van der Waals surface area contributed by atoms with Crippen molar-refractivity contribution < 1.29 is 31.9 Å². The van der Waals surface area contributed by atoms with Crippen LogP contribution in [0, 0.1) is 5.82 Å². The van der Waals surface area contributed by atoms with Crippen molar-refractivity contribution >= 4 is 34.8 Å². The molecule has 0 saturated carbocycles. The molecule has 37 heavy (non-hydrogen) atoms. The number of aromatic nitrogens is 2. The average molecular weight is 514 g/mol. The Kier molecular flexibility index (Phi) is 6.95. The number of benzene rings is 3. The highest BCUT2D eigenvalue weighted by molar-refractivity contribution is 6.04. The molecule has 4 rings (SSSR count). The molecule has 190 valence electrons. The van der Waals surface area contributed by atoms with Gasteiger partial charge in [-0.1, -0.05) is 24.3 Å². The number of ether oxygens (including phenoxy) is 1. The van der Waals surface area contributed by atoms with Gasteiger partial charge in [-0.3, -0.25) is 9.89 Å². The van der Waals surface area contributed by atoms with Crippen molar-refractivity contribution in [1.82, 2.24) is 10.2 Å². The molecule has 4 aromatic rings. The van der Waals surface area contributed by atoms with Gasteiger partial charge in [-0.05, 0) is 48.5 Å². The van der Waals surface area contributed by atoms with Crippen LogP contribution in [0.5, 0.6) is 5.75 Å². The van der Waals surface area contributed by atoms with Crippen LogP contribution in [0.1, 0.15) is 10.4 Å². The van der Waals surface area contributed by atoms with Gasteiger partial charge >= 0.3 is 12.4 Å². The van der Waals surface area contributed by atoms with Crippen molar-refractivity contribution in [2.45, 2.75) is 6.36 Å². The summed E-state index contributed by atoms with van der Waals surface area (Å²) in [6, 6.07) is 16.1. The Bertz CT molecular complexity index is 1420. The van der Waals surface area contributed by atoms with Gasteiger partial charge < -0.3 is 26.4 Å². The number of nitrogens with zero attached hydrogens (tertiary/aromatic N) is 1. The number of halogens is 4. The predicted octanol–water partition coefficient (Wildman–Crippen LogP) is 5.60. The van der Waals surface area contributed by atoms with Gasteiger partial charge in [0.05, 0.1) is 5.69 Å². The van der Waals surface area contributed by atoms with Gasteiger partial charge in [0.15, 0.2) is 0 Å². The summed E-state index contributed by atoms with van der Waals surface area (Å²) in [5.74, 6) is -1.64. The van der Waals surface area contributed by atoms with Crippen LogP contribution in [0.15, 0.2) is 72.8 Å². The number of primary amides is 1. The van der Waals surface area contributed by atoms with Gasteiger partial charge in [0.1, 0.15) is 28.6 Å². The van der Waals surface area contributed by atoms with Crippen LogP contribution in [0.25, 0.3) is 11.3 Å². The molecule has 0 aliphatic heterocycles. The third-order valence-electron chi connectivity index (χ3n) is 4.91. The highest BCUT2D eigenvalue weighted by Gasteiger charge is 2.31. The molecule has 9 nitrogen and oxygen atoms in total. The molecule has 0 spiro atoms. The second-order valence-electron chi connectivity index (χ2n) is 7.52. The van der Waals surface area contributed by atoms with E-state index in [2.05, 4.69) is 30.9 Å². The molecule has 0 unspecified atom stereocenters. The van der Waals surface area contributed by atoms with Gasteiger partial charge in [0.2, 0.25) is 0 Å². The van der Waals surface area contributed by atoms with Crippen LogP contribution in [-0.2, 0) is 0 Å². The van der Waals surface area contributed by atoms with E-state index in [1.807, 2.05) is 0 Å². The molecule has 0 saturated heterocycles. The van der Waals surface area contributed by atoms with Crippen LogP contribution in [-0.4, -0.2) is 28.5 Å². The first-order valence-electron chi connectivity index (χ1n) is 10.5. The number of hydrogen-bond donors (Lipinski definition) is 5. The lowest BCUT2D eigenvalue weighted by Gasteiger charge is -2.11. The summed E-state index contributed by atoms with van der Waals surface area (Å²) in [4.78, 5) is 24.4. The largest absolute Gasteiger partial charge is 0.573 e. The molecule has 13 heteroatoms. The van der Waals surface area contributed by atoms with Crippen molar-refractivity contribution in [3.8, 4) is 17.0 Å². The summed E-state index contributed by atoms with van der Waals surface area (Å²) in [6.07, 6.45) is -4.81. The summed E-state index contributed by atoms with van der Waals surface area (Å²) in [7, 11) is 0. The number of urea groups is 1. The second kappa shape index (κ2) is 10.3. The number of nitrogens with two attached hydrogens (primary N) is 1. The maximum atomic E-state index is 14.0. The molecule has 0 radical (unpaired) electrons. The second-order valence-corrected chi connectivity index (χ2v) is 7.52. The monoisotopic (exact) mass is 514 g/mol. The highest BCUT2D eigenvalue weighted by Crippen LogP contribution is 2.30. The number of H-pyrrole nitrogens is 1. The van der Waals surface area contributed by atoms with Gasteiger partial charge in [-0.2, -0.15) is 5.10 Å². The number of carbonyl (C=O) groups excluding carboxylic acids is 2. The van der Waals surface area contributed by atoms with E-state index in [4.69, 9.17) is 5.73 Å². The number of alkyl halides is 3. The lowest BCUT2D eigenvalue weighted by atomic mass is 10.1. The van der Waals surface area contributed by atoms with E-state index in [0.29, 0.717) is 11.3 Å². The maximum absolute atomic E-state index is 14.0. The SMILES string of the molecule is NC(=O)c1c(-c2ccc(NC(=O)Nc3ccc(OC(F)(F)F)cc3)cc2)n[nH]c1Nc1ccccc1F. The Labute approximate surface area is 206 Å². The van der Waals surface area contributed by atoms with Crippen molar-refractivity contribution in [3.63, 3.8) is 0 Å². The van der Waals surface area contributed by atoms with Crippen LogP contribution >= 0.6 is 0 Å². The minimum absolute atomic E-state index is 0.0136. The molecule has 0 aliphatic carbocycles. The fourth-order valence-electron chi connectivity index (χ4n) is 3.32. The molecule has 6 N–H and O–H groups in total. The molecular weight excluding hydrogens is 496 g/mol. The summed E-state index contributed by atoms with van der Waals surface area (Å²) < 4.78 is 54.5. The van der Waals surface area contributed by atoms with E-state index < -0.39 is 29.9 Å². The normalized spacial score (nSPS) is 11.0. The molecule has 3 amide bonds. The predicted molar refractivity (Wildman–Crippen MR) is 128 cm³/mol. The minimum Gasteiger partial charge on any atom is -0.406 e. The first-order valence-corrected chi connectivity index (χ1v) is 10.5. The first-order chi connectivity index (χ1) is 17.6. The van der Waals surface area contributed by atoms with E-state index in [1.165, 1.54) is 30.3 Å². The zero-order valence-electron chi connectivity index (χ0n) is 18.7. The topological polar surface area (TPSA) is 134 Å². The Morgan fingerprint density at radius 1 is 0.892 bits per heavy atom.